The zero-order valence-corrected chi connectivity index (χ0v) is 10.7. The first kappa shape index (κ1) is 14.4. The van der Waals surface area contributed by atoms with Crippen LogP contribution in [0.2, 0.25) is 0 Å². The van der Waals surface area contributed by atoms with E-state index in [4.69, 9.17) is 4.74 Å². The van der Waals surface area contributed by atoms with Gasteiger partial charge in [0.05, 0.1) is 5.92 Å². The number of nitrogens with one attached hydrogen (secondary N) is 1. The highest BCUT2D eigenvalue weighted by atomic mass is 16.5. The van der Waals surface area contributed by atoms with Crippen molar-refractivity contribution in [3.63, 3.8) is 0 Å². The maximum absolute atomic E-state index is 11.7. The van der Waals surface area contributed by atoms with Crippen LogP contribution in [0.1, 0.15) is 34.1 Å². The molecule has 15 heavy (non-hydrogen) atoms. The normalized spacial score (nSPS) is 13.3. The van der Waals surface area contributed by atoms with Gasteiger partial charge in [-0.05, 0) is 25.3 Å². The summed E-state index contributed by atoms with van der Waals surface area (Å²) in [6.07, 6.45) is 0.913. The predicted molar refractivity (Wildman–Crippen MR) is 62.7 cm³/mol. The molecule has 0 saturated carbocycles. The lowest BCUT2D eigenvalue weighted by atomic mass is 9.88. The molecule has 1 atom stereocenters. The van der Waals surface area contributed by atoms with Crippen molar-refractivity contribution in [2.75, 3.05) is 20.2 Å². The van der Waals surface area contributed by atoms with Gasteiger partial charge in [-0.25, -0.2) is 0 Å². The number of rotatable bonds is 7. The van der Waals surface area contributed by atoms with Gasteiger partial charge in [0.15, 0.2) is 0 Å². The van der Waals surface area contributed by atoms with Crippen LogP contribution < -0.4 is 5.32 Å². The molecule has 3 nitrogen and oxygen atoms in total. The molecule has 0 spiro atoms. The van der Waals surface area contributed by atoms with Crippen molar-refractivity contribution in [1.29, 1.82) is 0 Å². The molecule has 0 aliphatic rings. The van der Waals surface area contributed by atoms with Gasteiger partial charge in [0.25, 0.3) is 0 Å². The topological polar surface area (TPSA) is 38.3 Å². The minimum atomic E-state index is -0.0473. The molecular formula is C12H25NO2. The summed E-state index contributed by atoms with van der Waals surface area (Å²) in [4.78, 5) is 11.7. The first-order valence-corrected chi connectivity index (χ1v) is 5.80. The minimum absolute atomic E-state index is 0.0434. The van der Waals surface area contributed by atoms with Crippen LogP contribution in [0.3, 0.4) is 0 Å². The van der Waals surface area contributed by atoms with Gasteiger partial charge in [0, 0.05) is 6.54 Å². The fourth-order valence-electron chi connectivity index (χ4n) is 1.51. The monoisotopic (exact) mass is 215 g/mol. The Morgan fingerprint density at radius 2 is 1.87 bits per heavy atom. The molecule has 3 heteroatoms. The molecule has 0 aromatic heterocycles. The summed E-state index contributed by atoms with van der Waals surface area (Å²) < 4.78 is 5.21. The Labute approximate surface area is 93.6 Å². The first-order chi connectivity index (χ1) is 6.99. The molecular weight excluding hydrogens is 190 g/mol. The van der Waals surface area contributed by atoms with Crippen LogP contribution in [0.5, 0.6) is 0 Å². The highest BCUT2D eigenvalue weighted by Gasteiger charge is 2.24. The largest absolute Gasteiger partial charge is 0.464 e. The lowest BCUT2D eigenvalue weighted by Crippen LogP contribution is -2.27. The lowest BCUT2D eigenvalue weighted by molar-refractivity contribution is -0.150. The Morgan fingerprint density at radius 1 is 1.27 bits per heavy atom. The second-order valence-corrected chi connectivity index (χ2v) is 4.75. The van der Waals surface area contributed by atoms with Crippen molar-refractivity contribution in [3.05, 3.63) is 0 Å². The van der Waals surface area contributed by atoms with Gasteiger partial charge in [0.1, 0.15) is 6.61 Å². The number of likely N-dealkylation sites (N-methyl/N-ethyl adjacent to an activating group) is 1. The third-order valence-corrected chi connectivity index (χ3v) is 2.43. The van der Waals surface area contributed by atoms with Gasteiger partial charge < -0.3 is 10.1 Å². The highest BCUT2D eigenvalue weighted by molar-refractivity contribution is 5.72. The van der Waals surface area contributed by atoms with E-state index in [-0.39, 0.29) is 11.9 Å². The van der Waals surface area contributed by atoms with Crippen LogP contribution in [0.15, 0.2) is 0 Å². The van der Waals surface area contributed by atoms with E-state index < -0.39 is 0 Å². The number of ether oxygens (including phenoxy) is 1. The van der Waals surface area contributed by atoms with Gasteiger partial charge in [-0.2, -0.15) is 0 Å². The molecule has 0 aromatic carbocycles. The van der Waals surface area contributed by atoms with Crippen molar-refractivity contribution in [2.24, 2.45) is 17.8 Å². The van der Waals surface area contributed by atoms with Crippen molar-refractivity contribution >= 4 is 5.97 Å². The Kier molecular flexibility index (Phi) is 7.39. The van der Waals surface area contributed by atoms with E-state index in [9.17, 15) is 4.79 Å². The van der Waals surface area contributed by atoms with Crippen molar-refractivity contribution in [2.45, 2.75) is 34.1 Å². The number of hydrogen-bond donors (Lipinski definition) is 1. The zero-order valence-electron chi connectivity index (χ0n) is 10.7. The fourth-order valence-corrected chi connectivity index (χ4v) is 1.51. The summed E-state index contributed by atoms with van der Waals surface area (Å²) in [6, 6.07) is 0. The van der Waals surface area contributed by atoms with E-state index >= 15 is 0 Å². The van der Waals surface area contributed by atoms with E-state index in [1.54, 1.807) is 0 Å². The highest BCUT2D eigenvalue weighted by Crippen LogP contribution is 2.21. The molecule has 0 heterocycles. The molecule has 1 N–H and O–H groups in total. The quantitative estimate of drug-likeness (QED) is 0.522. The van der Waals surface area contributed by atoms with E-state index in [1.165, 1.54) is 0 Å². The standard InChI is InChI=1S/C12H25NO2/c1-9(2)8-11(10(3)4)12(14)15-7-6-13-5/h9-11,13H,6-8H2,1-5H3. The van der Waals surface area contributed by atoms with Crippen molar-refractivity contribution in [3.8, 4) is 0 Å². The summed E-state index contributed by atoms with van der Waals surface area (Å²) in [5.74, 6) is 0.888. The predicted octanol–water partition coefficient (Wildman–Crippen LogP) is 2.07. The summed E-state index contributed by atoms with van der Waals surface area (Å²) in [7, 11) is 1.85. The zero-order chi connectivity index (χ0) is 11.8. The summed E-state index contributed by atoms with van der Waals surface area (Å²) in [5.41, 5.74) is 0. The van der Waals surface area contributed by atoms with Gasteiger partial charge in [-0.1, -0.05) is 27.7 Å². The Balaban J connectivity index is 4.05. The Bertz CT molecular complexity index is 178. The maximum Gasteiger partial charge on any atom is 0.309 e. The molecule has 0 aliphatic carbocycles. The lowest BCUT2D eigenvalue weighted by Gasteiger charge is -2.21. The van der Waals surface area contributed by atoms with E-state index in [1.807, 2.05) is 7.05 Å². The first-order valence-electron chi connectivity index (χ1n) is 5.80. The average molecular weight is 215 g/mol. The number of hydrogen-bond acceptors (Lipinski definition) is 3. The van der Waals surface area contributed by atoms with Crippen LogP contribution in [0.4, 0.5) is 0 Å². The Hall–Kier alpha value is -0.570. The van der Waals surface area contributed by atoms with Crippen LogP contribution >= 0.6 is 0 Å². The van der Waals surface area contributed by atoms with Gasteiger partial charge in [-0.3, -0.25) is 4.79 Å². The smallest absolute Gasteiger partial charge is 0.309 e. The van der Waals surface area contributed by atoms with Gasteiger partial charge in [-0.15, -0.1) is 0 Å². The van der Waals surface area contributed by atoms with Crippen molar-refractivity contribution in [1.82, 2.24) is 5.32 Å². The number of esters is 1. The fraction of sp³-hybridized carbons (Fsp3) is 0.917. The summed E-state index contributed by atoms with van der Waals surface area (Å²) >= 11 is 0. The molecule has 0 amide bonds. The summed E-state index contributed by atoms with van der Waals surface area (Å²) in [6.45, 7) is 9.61. The number of carbonyl (C=O) groups is 1. The SMILES string of the molecule is CNCCOC(=O)C(CC(C)C)C(C)C. The van der Waals surface area contributed by atoms with E-state index in [0.717, 1.165) is 13.0 Å². The average Bonchev–Trinajstić information content (AvgIpc) is 2.13. The Morgan fingerprint density at radius 3 is 2.27 bits per heavy atom. The van der Waals surface area contributed by atoms with Gasteiger partial charge >= 0.3 is 5.97 Å². The number of carbonyl (C=O) groups excluding carboxylic acids is 1. The van der Waals surface area contributed by atoms with Crippen molar-refractivity contribution < 1.29 is 9.53 Å². The summed E-state index contributed by atoms with van der Waals surface area (Å²) in [5, 5.41) is 2.95. The second-order valence-electron chi connectivity index (χ2n) is 4.75. The third-order valence-electron chi connectivity index (χ3n) is 2.43. The third kappa shape index (κ3) is 6.50. The van der Waals surface area contributed by atoms with Crippen LogP contribution in [0.25, 0.3) is 0 Å². The van der Waals surface area contributed by atoms with Crippen LogP contribution in [0, 0.1) is 17.8 Å². The molecule has 1 unspecified atom stereocenters. The van der Waals surface area contributed by atoms with Gasteiger partial charge in [0.2, 0.25) is 0 Å². The van der Waals surface area contributed by atoms with Crippen LogP contribution in [-0.2, 0) is 9.53 Å². The molecule has 0 aliphatic heterocycles. The van der Waals surface area contributed by atoms with Crippen LogP contribution in [-0.4, -0.2) is 26.2 Å². The molecule has 90 valence electrons. The molecule has 0 saturated heterocycles. The van der Waals surface area contributed by atoms with E-state index in [2.05, 4.69) is 33.0 Å². The maximum atomic E-state index is 11.7. The molecule has 0 radical (unpaired) electrons. The second kappa shape index (κ2) is 7.69. The molecule has 0 rings (SSSR count). The minimum Gasteiger partial charge on any atom is -0.464 e. The van der Waals surface area contributed by atoms with E-state index in [0.29, 0.717) is 18.4 Å². The molecule has 0 fully saturated rings. The molecule has 0 bridgehead atoms. The molecule has 0 aromatic rings.